The molecule has 8 aliphatic carbocycles. The highest BCUT2D eigenvalue weighted by atomic mass is 32.1. The molecule has 24 rings (SSSR count). The number of alkyl halides is 12. The topological polar surface area (TPSA) is 341 Å². The molecule has 0 spiro atoms. The van der Waals surface area contributed by atoms with E-state index in [2.05, 4.69) is 113 Å². The summed E-state index contributed by atoms with van der Waals surface area (Å²) in [5, 5.41) is 53.4. The number of rotatable bonds is 20. The Morgan fingerprint density at radius 2 is 0.486 bits per heavy atom. The van der Waals surface area contributed by atoms with Crippen molar-refractivity contribution in [2.24, 2.45) is 22.9 Å². The molecule has 4 fully saturated rings. The monoisotopic (exact) mass is 2100 g/mol. The zero-order valence-corrected chi connectivity index (χ0v) is 83.3. The van der Waals surface area contributed by atoms with Gasteiger partial charge >= 0.3 is 24.7 Å². The maximum atomic E-state index is 14.2. The van der Waals surface area contributed by atoms with Crippen molar-refractivity contribution >= 4 is 45.3 Å². The average Bonchev–Trinajstić information content (AvgIpc) is 1.61. The molecule has 0 bridgehead atoms. The Kier molecular flexibility index (Phi) is 28.0. The Bertz CT molecular complexity index is 6670. The summed E-state index contributed by atoms with van der Waals surface area (Å²) in [6, 6.07) is 58.5. The third-order valence-electron chi connectivity index (χ3n) is 30.6. The van der Waals surface area contributed by atoms with Crippen molar-refractivity contribution in [3.05, 3.63) is 284 Å². The first-order chi connectivity index (χ1) is 71.0. The van der Waals surface area contributed by atoms with Crippen LogP contribution in [0.3, 0.4) is 0 Å². The molecule has 4 saturated carbocycles. The molecule has 16 aromatic rings. The Hall–Kier alpha value is -12.0. The highest BCUT2D eigenvalue weighted by molar-refractivity contribution is 7.19. The van der Waals surface area contributed by atoms with E-state index >= 15 is 0 Å². The van der Waals surface area contributed by atoms with Crippen LogP contribution in [0.1, 0.15) is 216 Å². The van der Waals surface area contributed by atoms with Crippen LogP contribution in [-0.4, -0.2) is 110 Å². The van der Waals surface area contributed by atoms with Gasteiger partial charge in [-0.25, -0.2) is 19.9 Å². The number of nitrogens with two attached hydrogens (primary N) is 4. The Morgan fingerprint density at radius 3 is 0.676 bits per heavy atom. The number of aromatic nitrogens is 8. The number of fused-ring (bicyclic) bond motifs is 12. The molecular weight excluding hydrogens is 2000 g/mol. The highest BCUT2D eigenvalue weighted by Crippen LogP contribution is 2.57. The molecule has 0 aliphatic heterocycles. The van der Waals surface area contributed by atoms with Gasteiger partial charge in [0.2, 0.25) is 23.0 Å². The summed E-state index contributed by atoms with van der Waals surface area (Å²) in [6.45, 7) is 0.381. The minimum absolute atomic E-state index is 0.0952. The zero-order chi connectivity index (χ0) is 103. The molecule has 8 aromatic carbocycles. The number of aliphatic hydroxyl groups is 4. The minimum atomic E-state index is -4.64. The average molecular weight is 2100 g/mol. The molecule has 8 heterocycles. The zero-order valence-electron chi connectivity index (χ0n) is 80.1. The van der Waals surface area contributed by atoms with Crippen LogP contribution >= 0.6 is 45.3 Å². The number of nitrogens with zero attached hydrogens (tertiary/aromatic N) is 8. The van der Waals surface area contributed by atoms with Gasteiger partial charge in [-0.05, 0) is 245 Å². The standard InChI is InChI=1S/4C28H26F3N3O2S/c4*29-28(30,31)22-23(16-4-2-1-3-5-16)34-36-24(22)26-33-21-9-7-18-14-17(6-8-20(18)25(21)37-26)19-10-11-27(32,15-19)12-13-35/h4*1-6,8,14,19,35H,7,9-13,15,32H2/t2*19-,27+;2*19-,27-/m1010/s1. The summed E-state index contributed by atoms with van der Waals surface area (Å²) in [7, 11) is 0. The quantitative estimate of drug-likeness (QED) is 0.0329. The van der Waals surface area contributed by atoms with Crippen LogP contribution in [-0.2, 0) is 76.1 Å². The molecule has 12 N–H and O–H groups in total. The molecule has 8 aliphatic rings. The van der Waals surface area contributed by atoms with E-state index in [0.717, 1.165) is 167 Å². The van der Waals surface area contributed by atoms with Crippen molar-refractivity contribution in [1.29, 1.82) is 0 Å². The van der Waals surface area contributed by atoms with Gasteiger partial charge in [0, 0.05) is 70.8 Å². The molecule has 768 valence electrons. The van der Waals surface area contributed by atoms with Gasteiger partial charge in [0.1, 0.15) is 45.0 Å². The molecule has 0 unspecified atom stereocenters. The lowest BCUT2D eigenvalue weighted by molar-refractivity contribution is -0.137. The van der Waals surface area contributed by atoms with Crippen molar-refractivity contribution < 1.29 is 91.2 Å². The molecule has 36 heteroatoms. The minimum Gasteiger partial charge on any atom is -0.396 e. The van der Waals surface area contributed by atoms with Crippen molar-refractivity contribution in [2.45, 2.75) is 225 Å². The van der Waals surface area contributed by atoms with Crippen LogP contribution in [0.5, 0.6) is 0 Å². The van der Waals surface area contributed by atoms with Crippen molar-refractivity contribution in [3.8, 4) is 130 Å². The lowest BCUT2D eigenvalue weighted by atomic mass is 9.87. The number of halogens is 12. The Balaban J connectivity index is 0.000000116. The number of thiazole rings is 4. The lowest BCUT2D eigenvalue weighted by Gasteiger charge is -2.23. The van der Waals surface area contributed by atoms with E-state index in [4.69, 9.17) is 41.0 Å². The van der Waals surface area contributed by atoms with E-state index in [9.17, 15) is 73.1 Å². The van der Waals surface area contributed by atoms with Crippen molar-refractivity contribution in [2.75, 3.05) is 26.4 Å². The van der Waals surface area contributed by atoms with Gasteiger partial charge in [0.25, 0.3) is 0 Å². The summed E-state index contributed by atoms with van der Waals surface area (Å²) >= 11 is 4.89. The molecule has 8 atom stereocenters. The van der Waals surface area contributed by atoms with E-state index < -0.39 is 47.0 Å². The third kappa shape index (κ3) is 20.5. The van der Waals surface area contributed by atoms with Gasteiger partial charge in [-0.2, -0.15) is 52.7 Å². The van der Waals surface area contributed by atoms with E-state index in [-0.39, 0.29) is 114 Å². The fourth-order valence-electron chi connectivity index (χ4n) is 23.0. The van der Waals surface area contributed by atoms with Crippen molar-refractivity contribution in [1.82, 2.24) is 40.6 Å². The fourth-order valence-corrected chi connectivity index (χ4v) is 27.7. The second-order valence-electron chi connectivity index (χ2n) is 40.3. The number of aliphatic hydroxyl groups excluding tert-OH is 4. The van der Waals surface area contributed by atoms with Crippen LogP contribution in [0.4, 0.5) is 52.7 Å². The van der Waals surface area contributed by atoms with Crippen molar-refractivity contribution in [3.63, 3.8) is 0 Å². The van der Waals surface area contributed by atoms with Gasteiger partial charge in [0.15, 0.2) is 20.0 Å². The Labute approximate surface area is 859 Å². The number of aryl methyl sites for hydroxylation is 8. The first kappa shape index (κ1) is 102. The number of benzene rings is 8. The molecule has 20 nitrogen and oxygen atoms in total. The molecular formula is C112H104F12N12O8S4. The van der Waals surface area contributed by atoms with Crippen LogP contribution in [0.2, 0.25) is 0 Å². The van der Waals surface area contributed by atoms with E-state index in [1.807, 2.05) is 0 Å². The first-order valence-electron chi connectivity index (χ1n) is 49.6. The maximum Gasteiger partial charge on any atom is 0.422 e. The summed E-state index contributed by atoms with van der Waals surface area (Å²) in [6.07, 6.45) is 0.434. The molecule has 0 radical (unpaired) electrons. The van der Waals surface area contributed by atoms with E-state index in [0.29, 0.717) is 97.3 Å². The SMILES string of the molecule is N[C@@]1(CCO)CC[C@@H](c2ccc3c(c2)CCc2nc(-c4onc(-c5ccccc5)c4C(F)(F)F)sc2-3)C1.N[C@@]1(CCO)CC[C@H](c2ccc3c(c2)CCc2nc(-c4onc(-c5ccccc5)c4C(F)(F)F)sc2-3)C1.N[C@]1(CCO)CC[C@@H](c2ccc3c(c2)CCc2nc(-c4onc(-c5ccccc5)c4C(F)(F)F)sc2-3)C1.N[C@]1(CCO)CC[C@H](c2ccc3c(c2)CCc2nc(-c4onc(-c5ccccc5)c4C(F)(F)F)sc2-3)C1. The lowest BCUT2D eigenvalue weighted by Crippen LogP contribution is -2.37. The predicted octanol–water partition coefficient (Wildman–Crippen LogP) is 26.4. The van der Waals surface area contributed by atoms with E-state index in [1.165, 1.54) is 89.9 Å². The van der Waals surface area contributed by atoms with Crippen LogP contribution in [0.15, 0.2) is 212 Å². The van der Waals surface area contributed by atoms with Gasteiger partial charge < -0.3 is 61.5 Å². The van der Waals surface area contributed by atoms with Crippen LogP contribution < -0.4 is 22.9 Å². The molecule has 148 heavy (non-hydrogen) atoms. The largest absolute Gasteiger partial charge is 0.422 e. The number of hydrogen-bond donors (Lipinski definition) is 8. The Morgan fingerprint density at radius 1 is 0.284 bits per heavy atom. The highest BCUT2D eigenvalue weighted by Gasteiger charge is 2.50. The summed E-state index contributed by atoms with van der Waals surface area (Å²) in [5.74, 6) is 0.0491. The molecule has 8 aromatic heterocycles. The number of hydrogen-bond acceptors (Lipinski definition) is 24. The second kappa shape index (κ2) is 40.7. The first-order valence-corrected chi connectivity index (χ1v) is 52.9. The smallest absolute Gasteiger partial charge is 0.396 e. The fraction of sp³-hybridized carbons (Fsp3) is 0.357. The van der Waals surface area contributed by atoms with Gasteiger partial charge in [-0.1, -0.05) is 215 Å². The maximum absolute atomic E-state index is 14.2. The summed E-state index contributed by atoms with van der Waals surface area (Å²) in [5.41, 5.74) is 38.4. The second-order valence-corrected chi connectivity index (χ2v) is 44.3. The summed E-state index contributed by atoms with van der Waals surface area (Å²) < 4.78 is 191. The molecule has 0 saturated heterocycles. The third-order valence-corrected chi connectivity index (χ3v) is 35.1. The van der Waals surface area contributed by atoms with Gasteiger partial charge in [0.05, 0.1) is 42.3 Å². The van der Waals surface area contributed by atoms with E-state index in [1.54, 1.807) is 121 Å². The predicted molar refractivity (Wildman–Crippen MR) is 544 cm³/mol. The van der Waals surface area contributed by atoms with Gasteiger partial charge in [-0.3, -0.25) is 0 Å². The van der Waals surface area contributed by atoms with Crippen LogP contribution in [0.25, 0.3) is 130 Å². The molecule has 0 amide bonds. The normalized spacial score (nSPS) is 21.2. The van der Waals surface area contributed by atoms with Gasteiger partial charge in [-0.15, -0.1) is 45.3 Å². The van der Waals surface area contributed by atoms with Crippen LogP contribution in [0, 0.1) is 0 Å². The summed E-state index contributed by atoms with van der Waals surface area (Å²) in [4.78, 5) is 21.9.